The van der Waals surface area contributed by atoms with Crippen molar-refractivity contribution in [1.82, 2.24) is 4.98 Å². The van der Waals surface area contributed by atoms with E-state index in [1.807, 2.05) is 5.38 Å². The van der Waals surface area contributed by atoms with Crippen LogP contribution in [0.1, 0.15) is 10.4 Å². The zero-order valence-electron chi connectivity index (χ0n) is 8.38. The Morgan fingerprint density at radius 1 is 1.44 bits per heavy atom. The van der Waals surface area contributed by atoms with Gasteiger partial charge < -0.3 is 10.4 Å². The van der Waals surface area contributed by atoms with Crippen LogP contribution in [0.4, 0.5) is 10.8 Å². The molecule has 0 saturated carbocycles. The molecule has 78 valence electrons. The molecule has 0 radical (unpaired) electrons. The molecule has 1 heterocycles. The Morgan fingerprint density at radius 3 is 2.88 bits per heavy atom. The molecule has 0 aliphatic heterocycles. The van der Waals surface area contributed by atoms with E-state index in [1.165, 1.54) is 11.3 Å². The number of thiazole rings is 1. The number of aromatic nitrogens is 1. The summed E-state index contributed by atoms with van der Waals surface area (Å²) >= 11 is 1.46. The SMILES string of the molecule is O=C(O)c1cccc(Nc2nccs2)c1.[Rf]. The van der Waals surface area contributed by atoms with Gasteiger partial charge in [-0.2, -0.15) is 0 Å². The maximum atomic E-state index is 10.7. The Kier molecular flexibility index (Phi) is 3.19. The van der Waals surface area contributed by atoms with Crippen molar-refractivity contribution < 1.29 is 9.90 Å². The molecule has 2 rings (SSSR count). The second-order valence-corrected chi connectivity index (χ2v) is 3.74. The summed E-state index contributed by atoms with van der Waals surface area (Å²) in [6.45, 7) is 0. The van der Waals surface area contributed by atoms with E-state index in [1.54, 1.807) is 30.5 Å². The van der Waals surface area contributed by atoms with Gasteiger partial charge in [0.2, 0.25) is 0 Å². The number of anilines is 2. The van der Waals surface area contributed by atoms with Crippen LogP contribution >= 0.6 is 11.3 Å². The molecule has 0 atom stereocenters. The van der Waals surface area contributed by atoms with Crippen LogP contribution in [0.2, 0.25) is 0 Å². The standard InChI is InChI=1S/C10H8N2O2S.Rf/c13-9(14)7-2-1-3-8(6-7)12-10-11-4-5-15-10;/h1-6H,(H,11,12)(H,13,14);. The average molecular weight is 487 g/mol. The van der Waals surface area contributed by atoms with Gasteiger partial charge in [0.15, 0.2) is 5.13 Å². The topological polar surface area (TPSA) is 62.2 Å². The maximum absolute atomic E-state index is 10.7. The van der Waals surface area contributed by atoms with Crippen molar-refractivity contribution in [2.75, 3.05) is 5.32 Å². The van der Waals surface area contributed by atoms with Crippen molar-refractivity contribution in [2.24, 2.45) is 0 Å². The zero-order valence-corrected chi connectivity index (χ0v) is 15.6. The van der Waals surface area contributed by atoms with Crippen LogP contribution in [-0.2, 0) is 0 Å². The van der Waals surface area contributed by atoms with Crippen molar-refractivity contribution in [3.63, 3.8) is 0 Å². The number of carbonyl (C=O) groups is 1. The molecule has 0 aliphatic rings. The number of carboxylic acid groups (broad SMARTS) is 1. The molecule has 4 nitrogen and oxygen atoms in total. The molecule has 6 heteroatoms. The van der Waals surface area contributed by atoms with E-state index in [-0.39, 0.29) is 5.56 Å². The van der Waals surface area contributed by atoms with E-state index in [0.29, 0.717) is 0 Å². The van der Waals surface area contributed by atoms with Gasteiger partial charge in [0.25, 0.3) is 0 Å². The van der Waals surface area contributed by atoms with Crippen LogP contribution in [-0.4, -0.2) is 16.1 Å². The van der Waals surface area contributed by atoms with Gasteiger partial charge in [-0.05, 0) is 18.2 Å². The van der Waals surface area contributed by atoms with Crippen LogP contribution in [0.15, 0.2) is 35.8 Å². The van der Waals surface area contributed by atoms with Crippen molar-refractivity contribution in [1.29, 1.82) is 0 Å². The van der Waals surface area contributed by atoms with E-state index in [0.717, 1.165) is 10.8 Å². The minimum atomic E-state index is -0.933. The summed E-state index contributed by atoms with van der Waals surface area (Å²) in [6, 6.07) is 6.62. The predicted octanol–water partition coefficient (Wildman–Crippen LogP) is 2.58. The van der Waals surface area contributed by atoms with Gasteiger partial charge in [-0.25, -0.2) is 9.78 Å². The minimum Gasteiger partial charge on any atom is -0.478 e. The third kappa shape index (κ3) is 2.33. The summed E-state index contributed by atoms with van der Waals surface area (Å²) in [4.78, 5) is 14.8. The molecular weight excluding hydrogens is 479 g/mol. The van der Waals surface area contributed by atoms with E-state index in [4.69, 9.17) is 5.11 Å². The van der Waals surface area contributed by atoms with E-state index >= 15 is 0 Å². The first-order chi connectivity index (χ1) is 7.25. The third-order valence-corrected chi connectivity index (χ3v) is 2.48. The fourth-order valence-electron chi connectivity index (χ4n) is 1.14. The fourth-order valence-corrected chi connectivity index (χ4v) is 1.69. The number of rotatable bonds is 3. The second kappa shape index (κ2) is 4.56. The molecule has 0 spiro atoms. The summed E-state index contributed by atoms with van der Waals surface area (Å²) in [5.74, 6) is -0.933. The van der Waals surface area contributed by atoms with Crippen LogP contribution in [0.3, 0.4) is 0 Å². The molecule has 1 aromatic heterocycles. The van der Waals surface area contributed by atoms with E-state index < -0.39 is 5.97 Å². The number of nitrogens with one attached hydrogen (secondary N) is 1. The van der Waals surface area contributed by atoms with Crippen LogP contribution in [0.25, 0.3) is 0 Å². The first-order valence-electron chi connectivity index (χ1n) is 4.25. The number of benzene rings is 1. The van der Waals surface area contributed by atoms with Gasteiger partial charge in [-0.3, -0.25) is 0 Å². The Labute approximate surface area is 90.2 Å². The van der Waals surface area contributed by atoms with Gasteiger partial charge in [-0.1, -0.05) is 6.07 Å². The van der Waals surface area contributed by atoms with Crippen LogP contribution in [0, 0.1) is 0 Å². The predicted molar refractivity (Wildman–Crippen MR) is 58.8 cm³/mol. The normalized spacial score (nSPS) is 9.25. The quantitative estimate of drug-likeness (QED) is 0.699. The molecule has 16 heavy (non-hydrogen) atoms. The summed E-state index contributed by atoms with van der Waals surface area (Å²) in [6.07, 6.45) is 1.69. The molecule has 0 amide bonds. The molecule has 0 aliphatic carbocycles. The maximum Gasteiger partial charge on any atom is 0.335 e. The number of aromatic carboxylic acids is 1. The third-order valence-electron chi connectivity index (χ3n) is 1.79. The van der Waals surface area contributed by atoms with Gasteiger partial charge in [0, 0.05) is 17.3 Å². The molecule has 0 unspecified atom stereocenters. The molecule has 2 aromatic rings. The fraction of sp³-hybridized carbons (Fsp3) is 0. The average Bonchev–Trinajstić information content (AvgIpc) is 2.71. The number of hydrogen-bond donors (Lipinski definition) is 2. The molecular formula is C10H8N2O2RfS. The summed E-state index contributed by atoms with van der Waals surface area (Å²) < 4.78 is 0. The van der Waals surface area contributed by atoms with E-state index in [9.17, 15) is 4.79 Å². The Hall–Kier alpha value is -2.88. The van der Waals surface area contributed by atoms with Crippen molar-refractivity contribution in [2.45, 2.75) is 0 Å². The van der Waals surface area contributed by atoms with Gasteiger partial charge in [-0.15, -0.1) is 11.3 Å². The smallest absolute Gasteiger partial charge is 0.335 e. The molecule has 2 N–H and O–H groups in total. The molecule has 0 fully saturated rings. The monoisotopic (exact) mass is 487 g/mol. The number of hydrogen-bond acceptors (Lipinski definition) is 4. The molecule has 0 bridgehead atoms. The molecule has 0 saturated heterocycles. The first-order valence-corrected chi connectivity index (χ1v) is 5.13. The summed E-state index contributed by atoms with van der Waals surface area (Å²) in [5.41, 5.74) is 0.987. The van der Waals surface area contributed by atoms with Crippen molar-refractivity contribution in [3.8, 4) is 0 Å². The second-order valence-electron chi connectivity index (χ2n) is 2.85. The number of nitrogens with zero attached hydrogens (tertiary/aromatic N) is 1. The van der Waals surface area contributed by atoms with Crippen LogP contribution in [0.5, 0.6) is 0 Å². The summed E-state index contributed by atoms with van der Waals surface area (Å²) in [7, 11) is 0. The molecule has 1 aromatic carbocycles. The first kappa shape index (κ1) is 11.2. The van der Waals surface area contributed by atoms with Gasteiger partial charge >= 0.3 is 5.97 Å². The summed E-state index contributed by atoms with van der Waals surface area (Å²) in [5, 5.41) is 14.4. The van der Waals surface area contributed by atoms with Gasteiger partial charge in [0.05, 0.1) is 5.56 Å². The van der Waals surface area contributed by atoms with Crippen LogP contribution < -0.4 is 5.32 Å². The van der Waals surface area contributed by atoms with E-state index in [2.05, 4.69) is 10.3 Å². The Bertz CT molecular complexity index is 473. The zero-order chi connectivity index (χ0) is 10.7. The Morgan fingerprint density at radius 2 is 2.25 bits per heavy atom. The van der Waals surface area contributed by atoms with Crippen molar-refractivity contribution in [3.05, 3.63) is 41.4 Å². The largest absolute Gasteiger partial charge is 0.478 e. The minimum absolute atomic E-state index is 0. The Balaban J connectivity index is 0.00000128. The van der Waals surface area contributed by atoms with Gasteiger partial charge in [0.1, 0.15) is 0 Å². The van der Waals surface area contributed by atoms with Crippen molar-refractivity contribution >= 4 is 28.1 Å². The number of carboxylic acids is 1.